The number of quaternary nitrogens is 2. The van der Waals surface area contributed by atoms with E-state index in [1.807, 2.05) is 12.1 Å². The van der Waals surface area contributed by atoms with E-state index in [2.05, 4.69) is 0 Å². The second kappa shape index (κ2) is 5.79. The van der Waals surface area contributed by atoms with Crippen molar-refractivity contribution >= 4 is 11.6 Å². The molecule has 23 heavy (non-hydrogen) atoms. The first-order valence-corrected chi connectivity index (χ1v) is 8.30. The van der Waals surface area contributed by atoms with Crippen LogP contribution in [0.25, 0.3) is 0 Å². The number of nitrogens with one attached hydrogen (secondary N) is 2. The molecule has 0 saturated carbocycles. The second-order valence-electron chi connectivity index (χ2n) is 6.39. The number of carbonyl (C=O) groups excluding carboxylic acids is 2. The van der Waals surface area contributed by atoms with E-state index in [-0.39, 0.29) is 11.6 Å². The number of Topliss-reactive ketones (excluding diaryl/α,β-unsaturated/α-hetero) is 2. The van der Waals surface area contributed by atoms with Crippen LogP contribution in [0.4, 0.5) is 0 Å². The van der Waals surface area contributed by atoms with Gasteiger partial charge in [-0.25, -0.2) is 0 Å². The van der Waals surface area contributed by atoms with Gasteiger partial charge in [0, 0.05) is 11.1 Å². The van der Waals surface area contributed by atoms with Crippen molar-refractivity contribution < 1.29 is 28.9 Å². The number of ketones is 2. The van der Waals surface area contributed by atoms with Gasteiger partial charge in [-0.2, -0.15) is 0 Å². The number of ether oxygens (including phenoxy) is 2. The lowest BCUT2D eigenvalue weighted by molar-refractivity contribution is -1.13. The van der Waals surface area contributed by atoms with E-state index in [1.165, 1.54) is 0 Å². The Morgan fingerprint density at radius 3 is 1.52 bits per heavy atom. The van der Waals surface area contributed by atoms with Gasteiger partial charge in [0.1, 0.15) is 26.2 Å². The Bertz CT molecular complexity index is 578. The molecule has 122 valence electrons. The topological polar surface area (TPSA) is 61.5 Å². The highest BCUT2D eigenvalue weighted by molar-refractivity contribution is 6.30. The predicted octanol–water partition coefficient (Wildman–Crippen LogP) is -2.41. The zero-order valence-electron chi connectivity index (χ0n) is 13.1. The Hall–Kier alpha value is -1.60. The summed E-state index contributed by atoms with van der Waals surface area (Å²) in [7, 11) is 0. The molecule has 0 bridgehead atoms. The van der Waals surface area contributed by atoms with Crippen molar-refractivity contribution in [1.29, 1.82) is 0 Å². The molecule has 2 aliphatic heterocycles. The van der Waals surface area contributed by atoms with Crippen LogP contribution in [0.2, 0.25) is 0 Å². The summed E-state index contributed by atoms with van der Waals surface area (Å²) < 4.78 is 10.9. The van der Waals surface area contributed by atoms with Gasteiger partial charge in [0.25, 0.3) is 11.6 Å². The molecule has 1 aromatic rings. The fourth-order valence-corrected chi connectivity index (χ4v) is 4.26. The molecule has 6 heteroatoms. The number of morpholine rings is 2. The zero-order chi connectivity index (χ0) is 15.9. The summed E-state index contributed by atoms with van der Waals surface area (Å²) in [5.74, 6) is -0.0428. The largest absolute Gasteiger partial charge is 0.370 e. The van der Waals surface area contributed by atoms with Gasteiger partial charge >= 0.3 is 5.66 Å². The Morgan fingerprint density at radius 1 is 0.739 bits per heavy atom. The fraction of sp³-hybridized carbons (Fsp3) is 0.529. The summed E-state index contributed by atoms with van der Waals surface area (Å²) in [5, 5.41) is 0. The number of rotatable bonds is 2. The van der Waals surface area contributed by atoms with E-state index in [0.29, 0.717) is 63.7 Å². The maximum atomic E-state index is 13.4. The van der Waals surface area contributed by atoms with Crippen LogP contribution in [-0.4, -0.2) is 69.8 Å². The summed E-state index contributed by atoms with van der Waals surface area (Å²) in [6.07, 6.45) is 0. The molecule has 0 spiro atoms. The van der Waals surface area contributed by atoms with Gasteiger partial charge in [0.05, 0.1) is 26.4 Å². The van der Waals surface area contributed by atoms with Crippen LogP contribution in [-0.2, 0) is 9.47 Å². The first-order chi connectivity index (χ1) is 11.3. The van der Waals surface area contributed by atoms with E-state index in [1.54, 1.807) is 12.1 Å². The van der Waals surface area contributed by atoms with Gasteiger partial charge in [-0.05, 0) is 0 Å². The molecule has 1 aromatic carbocycles. The molecule has 0 radical (unpaired) electrons. The number of benzene rings is 1. The third-order valence-corrected chi connectivity index (χ3v) is 5.35. The van der Waals surface area contributed by atoms with Crippen LogP contribution >= 0.6 is 0 Å². The summed E-state index contributed by atoms with van der Waals surface area (Å²) in [6.45, 7) is 5.14. The van der Waals surface area contributed by atoms with Crippen LogP contribution in [0, 0.1) is 0 Å². The predicted molar refractivity (Wildman–Crippen MR) is 80.9 cm³/mol. The first kappa shape index (κ1) is 15.0. The normalized spacial score (nSPS) is 25.6. The van der Waals surface area contributed by atoms with Gasteiger partial charge in [-0.1, -0.05) is 24.3 Å². The van der Waals surface area contributed by atoms with E-state index in [9.17, 15) is 9.59 Å². The lowest BCUT2D eigenvalue weighted by Gasteiger charge is -2.42. The molecule has 2 saturated heterocycles. The van der Waals surface area contributed by atoms with Crippen molar-refractivity contribution in [3.8, 4) is 0 Å². The Kier molecular flexibility index (Phi) is 3.77. The molecule has 2 fully saturated rings. The fourth-order valence-electron chi connectivity index (χ4n) is 4.26. The molecule has 0 unspecified atom stereocenters. The van der Waals surface area contributed by atoms with Crippen molar-refractivity contribution in [3.05, 3.63) is 35.4 Å². The van der Waals surface area contributed by atoms with Crippen LogP contribution in [0.15, 0.2) is 24.3 Å². The summed E-state index contributed by atoms with van der Waals surface area (Å²) in [5.41, 5.74) is 0.114. The molecule has 0 atom stereocenters. The monoisotopic (exact) mass is 318 g/mol. The van der Waals surface area contributed by atoms with Crippen molar-refractivity contribution in [2.24, 2.45) is 0 Å². The van der Waals surface area contributed by atoms with Crippen LogP contribution in [0.5, 0.6) is 0 Å². The minimum atomic E-state index is -1.04. The average molecular weight is 318 g/mol. The highest BCUT2D eigenvalue weighted by Gasteiger charge is 2.68. The molecule has 4 rings (SSSR count). The highest BCUT2D eigenvalue weighted by atomic mass is 16.5. The average Bonchev–Trinajstić information content (AvgIpc) is 2.86. The molecule has 2 heterocycles. The van der Waals surface area contributed by atoms with Crippen molar-refractivity contribution in [3.63, 3.8) is 0 Å². The van der Waals surface area contributed by atoms with Crippen LogP contribution in [0.1, 0.15) is 20.7 Å². The first-order valence-electron chi connectivity index (χ1n) is 8.30. The van der Waals surface area contributed by atoms with E-state index in [4.69, 9.17) is 9.47 Å². The molecule has 1 aliphatic carbocycles. The molecular weight excluding hydrogens is 296 g/mol. The number of carbonyl (C=O) groups is 2. The Morgan fingerprint density at radius 2 is 1.13 bits per heavy atom. The third-order valence-electron chi connectivity index (χ3n) is 5.35. The Labute approximate surface area is 134 Å². The molecule has 0 amide bonds. The number of fused-ring (bicyclic) bond motifs is 1. The maximum absolute atomic E-state index is 13.4. The summed E-state index contributed by atoms with van der Waals surface area (Å²) in [4.78, 5) is 28.9. The van der Waals surface area contributed by atoms with Gasteiger partial charge in [-0.3, -0.25) is 19.4 Å². The number of hydrogen-bond acceptors (Lipinski definition) is 4. The minimum absolute atomic E-state index is 0.0214. The van der Waals surface area contributed by atoms with E-state index >= 15 is 0 Å². The highest BCUT2D eigenvalue weighted by Crippen LogP contribution is 2.25. The quantitative estimate of drug-likeness (QED) is 0.597. The molecular formula is C17H22N2O4+2. The third kappa shape index (κ3) is 2.10. The molecule has 3 aliphatic rings. The molecule has 2 N–H and O–H groups in total. The van der Waals surface area contributed by atoms with Crippen LogP contribution in [0.3, 0.4) is 0 Å². The van der Waals surface area contributed by atoms with Crippen molar-refractivity contribution in [2.45, 2.75) is 5.66 Å². The van der Waals surface area contributed by atoms with E-state index < -0.39 is 5.66 Å². The molecule has 6 nitrogen and oxygen atoms in total. The SMILES string of the molecule is O=C1c2ccccc2C(=O)C1([NH+]1CCOCC1)[NH+]1CCOCC1. The summed E-state index contributed by atoms with van der Waals surface area (Å²) in [6, 6.07) is 7.25. The summed E-state index contributed by atoms with van der Waals surface area (Å²) >= 11 is 0. The number of hydrogen-bond donors (Lipinski definition) is 2. The zero-order valence-corrected chi connectivity index (χ0v) is 13.1. The lowest BCUT2D eigenvalue weighted by atomic mass is 9.97. The van der Waals surface area contributed by atoms with E-state index in [0.717, 1.165) is 9.80 Å². The lowest BCUT2D eigenvalue weighted by Crippen LogP contribution is -3.44. The van der Waals surface area contributed by atoms with Gasteiger partial charge in [0.15, 0.2) is 0 Å². The van der Waals surface area contributed by atoms with Crippen molar-refractivity contribution in [2.75, 3.05) is 52.6 Å². The maximum Gasteiger partial charge on any atom is 0.351 e. The van der Waals surface area contributed by atoms with Crippen molar-refractivity contribution in [1.82, 2.24) is 0 Å². The van der Waals surface area contributed by atoms with Gasteiger partial charge < -0.3 is 9.47 Å². The minimum Gasteiger partial charge on any atom is -0.370 e. The smallest absolute Gasteiger partial charge is 0.351 e. The standard InChI is InChI=1S/C17H20N2O4/c20-15-13-3-1-2-4-14(13)16(21)17(15,18-5-9-22-10-6-18)19-7-11-23-12-8-19/h1-4H,5-12H2/p+2. The Balaban J connectivity index is 1.83. The van der Waals surface area contributed by atoms with Gasteiger partial charge in [0.2, 0.25) is 0 Å². The van der Waals surface area contributed by atoms with Gasteiger partial charge in [-0.15, -0.1) is 0 Å². The second-order valence-corrected chi connectivity index (χ2v) is 6.39. The van der Waals surface area contributed by atoms with Crippen LogP contribution < -0.4 is 9.80 Å². The molecule has 0 aromatic heterocycles.